The standard InChI is InChI=1S/C24H29ClO5.C4H8.CH4O/c25-23-8-3-17(24-14-19(27)13-22(15-26)30-24)12-18(23)11-16-1-4-20(5-2-16)28-9-10-29-21-6-7-21;1-3-4-2;1-2/h1-5,8,12,19,21-22,24,26-27H,6-7,9-11,13-15H2;3-4H,1-2H3;2H,1H3. The van der Waals surface area contributed by atoms with Gasteiger partial charge in [0.25, 0.3) is 0 Å². The van der Waals surface area contributed by atoms with E-state index in [0.717, 1.165) is 29.5 Å². The van der Waals surface area contributed by atoms with Gasteiger partial charge in [-0.2, -0.15) is 0 Å². The molecule has 0 aromatic heterocycles. The van der Waals surface area contributed by atoms with E-state index in [1.165, 1.54) is 12.8 Å². The first-order valence-electron chi connectivity index (χ1n) is 12.6. The Kier molecular flexibility index (Phi) is 14.1. The van der Waals surface area contributed by atoms with E-state index >= 15 is 0 Å². The van der Waals surface area contributed by atoms with Crippen molar-refractivity contribution >= 4 is 11.6 Å². The van der Waals surface area contributed by atoms with Gasteiger partial charge in [0.15, 0.2) is 0 Å². The minimum atomic E-state index is -0.470. The van der Waals surface area contributed by atoms with Crippen LogP contribution >= 0.6 is 11.6 Å². The van der Waals surface area contributed by atoms with Crippen LogP contribution in [0.15, 0.2) is 54.6 Å². The molecule has 1 aliphatic heterocycles. The van der Waals surface area contributed by atoms with Crippen LogP contribution in [0, 0.1) is 0 Å². The highest BCUT2D eigenvalue weighted by Crippen LogP contribution is 2.34. The molecule has 6 nitrogen and oxygen atoms in total. The fourth-order valence-corrected chi connectivity index (χ4v) is 3.97. The quantitative estimate of drug-likeness (QED) is 0.309. The number of rotatable bonds is 9. The van der Waals surface area contributed by atoms with Crippen LogP contribution in [-0.4, -0.2) is 60.6 Å². The van der Waals surface area contributed by atoms with Crippen LogP contribution in [0.3, 0.4) is 0 Å². The molecule has 2 aliphatic rings. The topological polar surface area (TPSA) is 88.4 Å². The van der Waals surface area contributed by atoms with Gasteiger partial charge in [-0.1, -0.05) is 48.0 Å². The summed E-state index contributed by atoms with van der Waals surface area (Å²) in [4.78, 5) is 0. The Hall–Kier alpha value is -1.93. The van der Waals surface area contributed by atoms with Gasteiger partial charge in [0.1, 0.15) is 12.4 Å². The molecular weight excluding hydrogens is 480 g/mol. The Morgan fingerprint density at radius 2 is 1.69 bits per heavy atom. The number of halogens is 1. The van der Waals surface area contributed by atoms with Gasteiger partial charge >= 0.3 is 0 Å². The van der Waals surface area contributed by atoms with E-state index in [9.17, 15) is 10.2 Å². The van der Waals surface area contributed by atoms with Crippen LogP contribution in [0.1, 0.15) is 62.3 Å². The summed E-state index contributed by atoms with van der Waals surface area (Å²) in [5.74, 6) is 0.831. The minimum Gasteiger partial charge on any atom is -0.491 e. The van der Waals surface area contributed by atoms with E-state index in [0.29, 0.717) is 43.6 Å². The molecule has 7 heteroatoms. The van der Waals surface area contributed by atoms with Crippen molar-refractivity contribution in [2.75, 3.05) is 26.9 Å². The zero-order chi connectivity index (χ0) is 26.3. The first-order chi connectivity index (χ1) is 17.5. The van der Waals surface area contributed by atoms with Gasteiger partial charge < -0.3 is 29.5 Å². The van der Waals surface area contributed by atoms with Gasteiger partial charge in [0, 0.05) is 25.0 Å². The van der Waals surface area contributed by atoms with Gasteiger partial charge in [-0.05, 0) is 68.0 Å². The van der Waals surface area contributed by atoms with Gasteiger partial charge in [-0.3, -0.25) is 0 Å². The SMILES string of the molecule is CC=CC.CO.OCC1CC(O)CC(c2ccc(Cl)c(Cc3ccc(OCCOC4CC4)cc3)c2)O1. The number of aliphatic hydroxyl groups is 3. The summed E-state index contributed by atoms with van der Waals surface area (Å²) in [5, 5.41) is 27.2. The predicted molar refractivity (Wildman–Crippen MR) is 144 cm³/mol. The Morgan fingerprint density at radius 1 is 1.00 bits per heavy atom. The molecule has 1 saturated heterocycles. The van der Waals surface area contributed by atoms with Crippen LogP contribution in [0.2, 0.25) is 5.02 Å². The predicted octanol–water partition coefficient (Wildman–Crippen LogP) is 5.25. The first kappa shape index (κ1) is 30.3. The summed E-state index contributed by atoms with van der Waals surface area (Å²) >= 11 is 6.45. The second-order valence-corrected chi connectivity index (χ2v) is 9.22. The lowest BCUT2D eigenvalue weighted by Crippen LogP contribution is -2.33. The van der Waals surface area contributed by atoms with Crippen molar-refractivity contribution in [1.29, 1.82) is 0 Å². The summed E-state index contributed by atoms with van der Waals surface area (Å²) in [6.45, 7) is 5.10. The fraction of sp³-hybridized carbons (Fsp3) is 0.517. The highest BCUT2D eigenvalue weighted by Gasteiger charge is 2.29. The molecule has 3 unspecified atom stereocenters. The molecule has 0 amide bonds. The molecule has 0 radical (unpaired) electrons. The van der Waals surface area contributed by atoms with Crippen molar-refractivity contribution < 1.29 is 29.5 Å². The number of hydrogen-bond donors (Lipinski definition) is 3. The van der Waals surface area contributed by atoms with Crippen LogP contribution in [0.25, 0.3) is 0 Å². The Labute approximate surface area is 220 Å². The fourth-order valence-electron chi connectivity index (χ4n) is 3.79. The first-order valence-corrected chi connectivity index (χ1v) is 13.0. The summed E-state index contributed by atoms with van der Waals surface area (Å²) in [6, 6.07) is 13.9. The molecule has 36 heavy (non-hydrogen) atoms. The maximum absolute atomic E-state index is 10.1. The summed E-state index contributed by atoms with van der Waals surface area (Å²) in [5.41, 5.74) is 3.11. The van der Waals surface area contributed by atoms with Crippen molar-refractivity contribution in [1.82, 2.24) is 0 Å². The molecule has 3 N–H and O–H groups in total. The molecule has 0 spiro atoms. The summed E-state index contributed by atoms with van der Waals surface area (Å²) in [6.07, 6.45) is 7.44. The van der Waals surface area contributed by atoms with E-state index < -0.39 is 6.10 Å². The number of ether oxygens (including phenoxy) is 3. The Bertz CT molecular complexity index is 893. The Morgan fingerprint density at radius 3 is 2.31 bits per heavy atom. The molecule has 200 valence electrons. The number of aliphatic hydroxyl groups excluding tert-OH is 3. The van der Waals surface area contributed by atoms with Gasteiger partial charge in [0.05, 0.1) is 37.6 Å². The Balaban J connectivity index is 0.000000694. The molecule has 1 saturated carbocycles. The average Bonchev–Trinajstić information content (AvgIpc) is 3.74. The van der Waals surface area contributed by atoms with E-state index in [-0.39, 0.29) is 18.8 Å². The zero-order valence-corrected chi connectivity index (χ0v) is 22.4. The number of hydrogen-bond acceptors (Lipinski definition) is 6. The van der Waals surface area contributed by atoms with Crippen molar-refractivity contribution in [2.24, 2.45) is 0 Å². The molecule has 2 fully saturated rings. The molecular formula is C29H41ClO6. The van der Waals surface area contributed by atoms with E-state index in [1.807, 2.05) is 68.5 Å². The largest absolute Gasteiger partial charge is 0.491 e. The van der Waals surface area contributed by atoms with Crippen molar-refractivity contribution in [2.45, 2.75) is 70.4 Å². The smallest absolute Gasteiger partial charge is 0.119 e. The van der Waals surface area contributed by atoms with E-state index in [4.69, 9.17) is 30.9 Å². The highest BCUT2D eigenvalue weighted by molar-refractivity contribution is 6.31. The van der Waals surface area contributed by atoms with Gasteiger partial charge in [0.2, 0.25) is 0 Å². The molecule has 2 aromatic rings. The third-order valence-electron chi connectivity index (χ3n) is 5.90. The van der Waals surface area contributed by atoms with Crippen LogP contribution in [0.4, 0.5) is 0 Å². The highest BCUT2D eigenvalue weighted by atomic mass is 35.5. The molecule has 1 heterocycles. The van der Waals surface area contributed by atoms with Crippen molar-refractivity contribution in [3.63, 3.8) is 0 Å². The van der Waals surface area contributed by atoms with Crippen LogP contribution < -0.4 is 4.74 Å². The maximum Gasteiger partial charge on any atom is 0.119 e. The molecule has 4 rings (SSSR count). The van der Waals surface area contributed by atoms with Crippen LogP contribution in [-0.2, 0) is 15.9 Å². The lowest BCUT2D eigenvalue weighted by Gasteiger charge is -2.32. The third-order valence-corrected chi connectivity index (χ3v) is 6.27. The normalized spacial score (nSPS) is 21.2. The summed E-state index contributed by atoms with van der Waals surface area (Å²) < 4.78 is 17.3. The third kappa shape index (κ3) is 10.6. The lowest BCUT2D eigenvalue weighted by molar-refractivity contribution is -0.113. The molecule has 0 bridgehead atoms. The zero-order valence-electron chi connectivity index (χ0n) is 21.6. The lowest BCUT2D eigenvalue weighted by atomic mass is 9.94. The number of allylic oxidation sites excluding steroid dienone is 2. The van der Waals surface area contributed by atoms with E-state index in [1.54, 1.807) is 0 Å². The average molecular weight is 521 g/mol. The van der Waals surface area contributed by atoms with Gasteiger partial charge in [-0.25, -0.2) is 0 Å². The summed E-state index contributed by atoms with van der Waals surface area (Å²) in [7, 11) is 1.00. The molecule has 3 atom stereocenters. The second kappa shape index (κ2) is 16.7. The monoisotopic (exact) mass is 520 g/mol. The van der Waals surface area contributed by atoms with Crippen LogP contribution in [0.5, 0.6) is 5.75 Å². The van der Waals surface area contributed by atoms with Gasteiger partial charge in [-0.15, -0.1) is 0 Å². The van der Waals surface area contributed by atoms with Crippen molar-refractivity contribution in [3.8, 4) is 5.75 Å². The van der Waals surface area contributed by atoms with E-state index in [2.05, 4.69) is 0 Å². The minimum absolute atomic E-state index is 0.0882. The van der Waals surface area contributed by atoms with Crippen molar-refractivity contribution in [3.05, 3.63) is 76.3 Å². The second-order valence-electron chi connectivity index (χ2n) is 8.81. The molecule has 1 aliphatic carbocycles. The maximum atomic E-state index is 10.1. The molecule has 2 aromatic carbocycles. The number of benzene rings is 2.